The first-order chi connectivity index (χ1) is 24.6. The topological polar surface area (TPSA) is 103 Å². The maximum atomic E-state index is 13.9. The number of nitrogens with zero attached hydrogens (tertiary/aromatic N) is 4. The summed E-state index contributed by atoms with van der Waals surface area (Å²) in [5.41, 5.74) is 3.55. The Balaban J connectivity index is 0.00000120. The van der Waals surface area contributed by atoms with Gasteiger partial charge in [-0.3, -0.25) is 9.59 Å². The lowest BCUT2D eigenvalue weighted by molar-refractivity contribution is -0.115. The Morgan fingerprint density at radius 1 is 0.843 bits per heavy atom. The van der Waals surface area contributed by atoms with E-state index in [1.54, 1.807) is 33.5 Å². The second kappa shape index (κ2) is 17.0. The molecule has 4 aromatic rings. The third kappa shape index (κ3) is 8.44. The summed E-state index contributed by atoms with van der Waals surface area (Å²) in [6, 6.07) is 22.1. The molecule has 0 saturated carbocycles. The van der Waals surface area contributed by atoms with E-state index in [0.29, 0.717) is 41.7 Å². The number of ether oxygens (including phenoxy) is 3. The molecule has 272 valence electrons. The zero-order valence-corrected chi connectivity index (χ0v) is 30.9. The second-order valence-corrected chi connectivity index (χ2v) is 13.8. The Morgan fingerprint density at radius 2 is 1.47 bits per heavy atom. The minimum Gasteiger partial charge on any atom is -0.493 e. The van der Waals surface area contributed by atoms with Gasteiger partial charge in [-0.2, -0.15) is 0 Å². The summed E-state index contributed by atoms with van der Waals surface area (Å²) in [5, 5.41) is 0. The van der Waals surface area contributed by atoms with E-state index in [-0.39, 0.29) is 28.8 Å². The van der Waals surface area contributed by atoms with Gasteiger partial charge in [-0.1, -0.05) is 49.4 Å². The van der Waals surface area contributed by atoms with E-state index < -0.39 is 0 Å². The molecular weight excluding hydrogens is 644 g/mol. The van der Waals surface area contributed by atoms with Crippen molar-refractivity contribution in [3.8, 4) is 17.2 Å². The molecule has 0 aliphatic carbocycles. The van der Waals surface area contributed by atoms with Crippen LogP contribution in [0.25, 0.3) is 11.0 Å². The van der Waals surface area contributed by atoms with Gasteiger partial charge in [0, 0.05) is 36.5 Å². The smallest absolute Gasteiger partial charge is 0.254 e. The van der Waals surface area contributed by atoms with Crippen molar-refractivity contribution in [3.05, 3.63) is 83.7 Å². The molecule has 0 radical (unpaired) electrons. The lowest BCUT2D eigenvalue weighted by Crippen LogP contribution is -2.41. The number of methoxy groups -OCH3 is 3. The Labute approximate surface area is 301 Å². The number of hydrogen-bond donors (Lipinski definition) is 0. The number of imidazole rings is 1. The van der Waals surface area contributed by atoms with Crippen LogP contribution in [0, 0.1) is 5.92 Å². The largest absolute Gasteiger partial charge is 0.493 e. The van der Waals surface area contributed by atoms with Crippen molar-refractivity contribution in [1.29, 1.82) is 0 Å². The molecule has 1 aromatic heterocycles. The molecular formula is C41H52N4O6. The van der Waals surface area contributed by atoms with Gasteiger partial charge in [-0.05, 0) is 95.4 Å². The van der Waals surface area contributed by atoms with Crippen LogP contribution < -0.4 is 14.2 Å². The van der Waals surface area contributed by atoms with Crippen LogP contribution in [-0.2, 0) is 16.8 Å². The number of likely N-dealkylation sites (tertiary alicyclic amines) is 2. The van der Waals surface area contributed by atoms with E-state index in [0.717, 1.165) is 69.3 Å². The van der Waals surface area contributed by atoms with E-state index in [1.807, 2.05) is 29.2 Å². The third-order valence-corrected chi connectivity index (χ3v) is 10.1. The molecule has 3 heterocycles. The summed E-state index contributed by atoms with van der Waals surface area (Å²) in [7, 11) is 4.68. The number of benzene rings is 3. The average Bonchev–Trinajstić information content (AvgIpc) is 3.76. The monoisotopic (exact) mass is 696 g/mol. The fourth-order valence-corrected chi connectivity index (χ4v) is 7.50. The van der Waals surface area contributed by atoms with Crippen LogP contribution in [0.15, 0.2) is 66.7 Å². The first-order valence-electron chi connectivity index (χ1n) is 18.0. The number of hydrogen-bond acceptors (Lipinski definition) is 8. The van der Waals surface area contributed by atoms with Crippen molar-refractivity contribution in [2.45, 2.75) is 64.8 Å². The van der Waals surface area contributed by atoms with Crippen molar-refractivity contribution in [1.82, 2.24) is 19.4 Å². The molecule has 2 aliphatic rings. The number of carbonyl (C=O) groups is 3. The molecule has 10 heteroatoms. The number of carbonyl (C=O) groups excluding carboxylic acids is 3. The lowest BCUT2D eigenvalue weighted by atomic mass is 9.76. The van der Waals surface area contributed by atoms with Crippen molar-refractivity contribution < 1.29 is 28.6 Å². The molecule has 10 nitrogen and oxygen atoms in total. The van der Waals surface area contributed by atoms with Gasteiger partial charge in [0.1, 0.15) is 5.78 Å². The Hall–Kier alpha value is -4.70. The molecule has 0 spiro atoms. The predicted molar refractivity (Wildman–Crippen MR) is 199 cm³/mol. The molecule has 2 saturated heterocycles. The van der Waals surface area contributed by atoms with Crippen molar-refractivity contribution >= 4 is 28.5 Å². The number of amides is 1. The van der Waals surface area contributed by atoms with E-state index in [9.17, 15) is 14.4 Å². The molecule has 3 aromatic carbocycles. The zero-order chi connectivity index (χ0) is 36.5. The number of fused-ring (bicyclic) bond motifs is 1. The van der Waals surface area contributed by atoms with Crippen LogP contribution in [0.4, 0.5) is 0 Å². The number of Topliss-reactive ketones (excluding diaryl/α,β-unsaturated/α-hetero) is 2. The molecule has 1 amide bonds. The van der Waals surface area contributed by atoms with Crippen LogP contribution in [0.5, 0.6) is 17.2 Å². The van der Waals surface area contributed by atoms with Crippen molar-refractivity contribution in [2.24, 2.45) is 5.92 Å². The molecule has 51 heavy (non-hydrogen) atoms. The molecule has 1 atom stereocenters. The third-order valence-electron chi connectivity index (χ3n) is 10.1. The molecule has 2 fully saturated rings. The summed E-state index contributed by atoms with van der Waals surface area (Å²) in [5.74, 6) is 2.29. The minimum atomic E-state index is -0.157. The Kier molecular flexibility index (Phi) is 12.5. The molecule has 0 bridgehead atoms. The molecule has 1 unspecified atom stereocenters. The SMILES string of the molecule is CC(C)=O.CCCn1c(C(=O)C2CCN(CCC3(c4ccccc4)CCN(C(=O)c4cc(OC)c(OC)c(OC)c4)C3)CC2)nc2ccccc21. The van der Waals surface area contributed by atoms with Crippen LogP contribution in [0.1, 0.15) is 79.4 Å². The fourth-order valence-electron chi connectivity index (χ4n) is 7.50. The maximum absolute atomic E-state index is 13.9. The minimum absolute atomic E-state index is 0.0141. The number of ketones is 2. The zero-order valence-electron chi connectivity index (χ0n) is 30.9. The van der Waals surface area contributed by atoms with Crippen molar-refractivity contribution in [2.75, 3.05) is 54.1 Å². The quantitative estimate of drug-likeness (QED) is 0.149. The fraction of sp³-hybridized carbons (Fsp3) is 0.463. The predicted octanol–water partition coefficient (Wildman–Crippen LogP) is 6.84. The summed E-state index contributed by atoms with van der Waals surface area (Å²) in [4.78, 5) is 46.3. The summed E-state index contributed by atoms with van der Waals surface area (Å²) in [6.45, 7) is 9.95. The van der Waals surface area contributed by atoms with Gasteiger partial charge in [0.05, 0.1) is 32.4 Å². The van der Waals surface area contributed by atoms with Gasteiger partial charge in [0.2, 0.25) is 11.5 Å². The van der Waals surface area contributed by atoms with Crippen molar-refractivity contribution in [3.63, 3.8) is 0 Å². The number of para-hydroxylation sites is 2. The maximum Gasteiger partial charge on any atom is 0.254 e. The summed E-state index contributed by atoms with van der Waals surface area (Å²) in [6.07, 6.45) is 4.43. The van der Waals surface area contributed by atoms with E-state index in [2.05, 4.69) is 46.7 Å². The van der Waals surface area contributed by atoms with Crippen LogP contribution in [-0.4, -0.2) is 90.9 Å². The van der Waals surface area contributed by atoms with Gasteiger partial charge >= 0.3 is 0 Å². The first-order valence-corrected chi connectivity index (χ1v) is 18.0. The second-order valence-electron chi connectivity index (χ2n) is 13.8. The van der Waals surface area contributed by atoms with Gasteiger partial charge in [0.15, 0.2) is 17.3 Å². The highest BCUT2D eigenvalue weighted by atomic mass is 16.5. The Morgan fingerprint density at radius 3 is 2.08 bits per heavy atom. The lowest BCUT2D eigenvalue weighted by Gasteiger charge is -2.36. The van der Waals surface area contributed by atoms with Crippen LogP contribution >= 0.6 is 0 Å². The number of piperidine rings is 1. The highest BCUT2D eigenvalue weighted by Crippen LogP contribution is 2.41. The number of aromatic nitrogens is 2. The van der Waals surface area contributed by atoms with E-state index >= 15 is 0 Å². The summed E-state index contributed by atoms with van der Waals surface area (Å²) < 4.78 is 18.6. The van der Waals surface area contributed by atoms with Gasteiger partial charge < -0.3 is 33.4 Å². The number of aryl methyl sites for hydroxylation is 1. The molecule has 0 N–H and O–H groups in total. The number of rotatable bonds is 12. The summed E-state index contributed by atoms with van der Waals surface area (Å²) >= 11 is 0. The van der Waals surface area contributed by atoms with Gasteiger partial charge in [-0.15, -0.1) is 0 Å². The first kappa shape index (κ1) is 37.6. The van der Waals surface area contributed by atoms with E-state index in [1.165, 1.54) is 19.4 Å². The Bertz CT molecular complexity index is 1780. The highest BCUT2D eigenvalue weighted by Gasteiger charge is 2.42. The van der Waals surface area contributed by atoms with E-state index in [4.69, 9.17) is 19.2 Å². The van der Waals surface area contributed by atoms with Gasteiger partial charge in [-0.25, -0.2) is 4.98 Å². The van der Waals surface area contributed by atoms with Crippen LogP contribution in [0.3, 0.4) is 0 Å². The van der Waals surface area contributed by atoms with Crippen LogP contribution in [0.2, 0.25) is 0 Å². The normalized spacial score (nSPS) is 17.9. The van der Waals surface area contributed by atoms with Gasteiger partial charge in [0.25, 0.3) is 5.91 Å². The molecule has 2 aliphatic heterocycles. The highest BCUT2D eigenvalue weighted by molar-refractivity contribution is 5.98. The molecule has 6 rings (SSSR count). The standard InChI is InChI=1S/C38H46N4O5.C3H6O/c1-5-19-42-31-14-10-9-13-30(31)39-36(42)34(43)27-15-20-40(21-16-27)22-17-38(29-11-7-6-8-12-29)18-23-41(26-38)37(44)28-24-32(45-2)35(47-4)33(25-28)46-3;1-3(2)4/h6-14,24-25,27H,5,15-23,26H2,1-4H3;1-2H3. The average molecular weight is 697 g/mol.